The Morgan fingerprint density at radius 3 is 2.84 bits per heavy atom. The molecule has 0 amide bonds. The zero-order valence-electron chi connectivity index (χ0n) is 14.7. The quantitative estimate of drug-likeness (QED) is 0.707. The van der Waals surface area contributed by atoms with Crippen molar-refractivity contribution in [2.45, 2.75) is 45.6 Å². The maximum absolute atomic E-state index is 13.7. The van der Waals surface area contributed by atoms with Crippen LogP contribution in [0.3, 0.4) is 0 Å². The Morgan fingerprint density at radius 2 is 2.08 bits per heavy atom. The number of benzene rings is 1. The third kappa shape index (κ3) is 3.65. The van der Waals surface area contributed by atoms with Crippen molar-refractivity contribution in [3.63, 3.8) is 0 Å². The van der Waals surface area contributed by atoms with E-state index in [-0.39, 0.29) is 11.6 Å². The molecule has 1 heterocycles. The van der Waals surface area contributed by atoms with E-state index in [0.717, 1.165) is 31.4 Å². The fraction of sp³-hybridized carbons (Fsp3) is 0.400. The number of aldehydes is 1. The third-order valence-electron chi connectivity index (χ3n) is 4.58. The summed E-state index contributed by atoms with van der Waals surface area (Å²) in [5.41, 5.74) is 3.58. The predicted octanol–water partition coefficient (Wildman–Crippen LogP) is 4.82. The lowest BCUT2D eigenvalue weighted by Gasteiger charge is -2.23. The molecule has 2 aromatic rings. The van der Waals surface area contributed by atoms with Crippen LogP contribution in [0.2, 0.25) is 0 Å². The lowest BCUT2D eigenvalue weighted by atomic mass is 9.90. The second kappa shape index (κ2) is 7.64. The highest BCUT2D eigenvalue weighted by Crippen LogP contribution is 2.34. The summed E-state index contributed by atoms with van der Waals surface area (Å²) in [6, 6.07) is 6.78. The van der Waals surface area contributed by atoms with E-state index >= 15 is 0 Å². The van der Waals surface area contributed by atoms with Gasteiger partial charge in [-0.2, -0.15) is 5.10 Å². The van der Waals surface area contributed by atoms with Gasteiger partial charge in [0.1, 0.15) is 18.2 Å². The van der Waals surface area contributed by atoms with Crippen LogP contribution in [0, 0.1) is 5.82 Å². The molecule has 0 fully saturated rings. The Kier molecular flexibility index (Phi) is 5.31. The Labute approximate surface area is 147 Å². The van der Waals surface area contributed by atoms with Gasteiger partial charge in [0.25, 0.3) is 0 Å². The number of rotatable bonds is 6. The van der Waals surface area contributed by atoms with E-state index in [9.17, 15) is 9.18 Å². The highest BCUT2D eigenvalue weighted by molar-refractivity contribution is 5.79. The number of carbonyl (C=O) groups excluding carboxylic acids is 1. The molecule has 0 saturated carbocycles. The van der Waals surface area contributed by atoms with Crippen molar-refractivity contribution >= 4 is 11.9 Å². The Balaban J connectivity index is 1.89. The van der Waals surface area contributed by atoms with E-state index in [4.69, 9.17) is 4.74 Å². The molecule has 0 unspecified atom stereocenters. The standard InChI is InChI=1S/C20H23FN2O2/c1-14(2)23-19(10-11-22-23)16-7-4-3-6-15(16)13-25-20-9-5-8-18(21)17(20)12-24/h5,8-12,14H,3-4,6-7,13H2,1-2H3. The van der Waals surface area contributed by atoms with Crippen molar-refractivity contribution in [1.82, 2.24) is 9.78 Å². The fourth-order valence-corrected chi connectivity index (χ4v) is 3.32. The molecule has 0 saturated heterocycles. The van der Waals surface area contributed by atoms with Gasteiger partial charge in [-0.3, -0.25) is 9.48 Å². The van der Waals surface area contributed by atoms with Crippen molar-refractivity contribution < 1.29 is 13.9 Å². The van der Waals surface area contributed by atoms with Gasteiger partial charge < -0.3 is 4.74 Å². The summed E-state index contributed by atoms with van der Waals surface area (Å²) >= 11 is 0. The van der Waals surface area contributed by atoms with Gasteiger partial charge >= 0.3 is 0 Å². The Bertz CT molecular complexity index is 793. The van der Waals surface area contributed by atoms with Gasteiger partial charge in [0.15, 0.2) is 6.29 Å². The number of carbonyl (C=O) groups is 1. The van der Waals surface area contributed by atoms with Crippen LogP contribution in [-0.4, -0.2) is 22.7 Å². The molecule has 0 N–H and O–H groups in total. The molecule has 1 aromatic carbocycles. The number of allylic oxidation sites excluding steroid dienone is 1. The molecule has 0 atom stereocenters. The van der Waals surface area contributed by atoms with Crippen LogP contribution in [0.4, 0.5) is 4.39 Å². The van der Waals surface area contributed by atoms with Crippen LogP contribution in [0.5, 0.6) is 5.75 Å². The van der Waals surface area contributed by atoms with Crippen molar-refractivity contribution in [2.75, 3.05) is 6.61 Å². The van der Waals surface area contributed by atoms with Gasteiger partial charge in [-0.1, -0.05) is 6.07 Å². The number of aromatic nitrogens is 2. The van der Waals surface area contributed by atoms with Crippen LogP contribution in [0.25, 0.3) is 5.57 Å². The maximum Gasteiger partial charge on any atom is 0.156 e. The molecule has 4 nitrogen and oxygen atoms in total. The van der Waals surface area contributed by atoms with Crippen LogP contribution < -0.4 is 4.74 Å². The van der Waals surface area contributed by atoms with Gasteiger partial charge in [0, 0.05) is 12.2 Å². The van der Waals surface area contributed by atoms with E-state index < -0.39 is 5.82 Å². The summed E-state index contributed by atoms with van der Waals surface area (Å²) in [6.45, 7) is 4.58. The average Bonchev–Trinajstić information content (AvgIpc) is 3.10. The number of ether oxygens (including phenoxy) is 1. The van der Waals surface area contributed by atoms with Gasteiger partial charge in [0.05, 0.1) is 11.3 Å². The summed E-state index contributed by atoms with van der Waals surface area (Å²) < 4.78 is 21.6. The average molecular weight is 342 g/mol. The van der Waals surface area contributed by atoms with Crippen molar-refractivity contribution in [1.29, 1.82) is 0 Å². The first kappa shape index (κ1) is 17.4. The van der Waals surface area contributed by atoms with E-state index in [1.165, 1.54) is 17.2 Å². The summed E-state index contributed by atoms with van der Waals surface area (Å²) in [5, 5.41) is 4.43. The first-order valence-corrected chi connectivity index (χ1v) is 8.73. The predicted molar refractivity (Wildman–Crippen MR) is 95.3 cm³/mol. The largest absolute Gasteiger partial charge is 0.488 e. The molecule has 1 aliphatic carbocycles. The molecule has 0 radical (unpaired) electrons. The molecule has 0 aliphatic heterocycles. The molecule has 3 rings (SSSR count). The maximum atomic E-state index is 13.7. The molecule has 5 heteroatoms. The van der Waals surface area contributed by atoms with Gasteiger partial charge in [-0.05, 0) is 68.9 Å². The minimum Gasteiger partial charge on any atom is -0.488 e. The summed E-state index contributed by atoms with van der Waals surface area (Å²) in [5.74, 6) is -0.256. The van der Waals surface area contributed by atoms with E-state index in [1.807, 2.05) is 16.9 Å². The fourth-order valence-electron chi connectivity index (χ4n) is 3.32. The van der Waals surface area contributed by atoms with Crippen LogP contribution in [0.1, 0.15) is 61.6 Å². The Hall–Kier alpha value is -2.43. The van der Waals surface area contributed by atoms with E-state index in [1.54, 1.807) is 12.1 Å². The monoisotopic (exact) mass is 342 g/mol. The molecular weight excluding hydrogens is 319 g/mol. The zero-order chi connectivity index (χ0) is 17.8. The summed E-state index contributed by atoms with van der Waals surface area (Å²) in [4.78, 5) is 11.1. The van der Waals surface area contributed by atoms with Gasteiger partial charge in [-0.25, -0.2) is 4.39 Å². The summed E-state index contributed by atoms with van der Waals surface area (Å²) in [7, 11) is 0. The minimum atomic E-state index is -0.553. The minimum absolute atomic E-state index is 0.0207. The van der Waals surface area contributed by atoms with Crippen molar-refractivity contribution in [2.24, 2.45) is 0 Å². The molecule has 0 bridgehead atoms. The molecule has 1 aromatic heterocycles. The van der Waals surface area contributed by atoms with Gasteiger partial charge in [-0.15, -0.1) is 0 Å². The highest BCUT2D eigenvalue weighted by atomic mass is 19.1. The lowest BCUT2D eigenvalue weighted by Crippen LogP contribution is -2.13. The number of hydrogen-bond donors (Lipinski definition) is 0. The van der Waals surface area contributed by atoms with Crippen LogP contribution in [0.15, 0.2) is 36.0 Å². The molecule has 1 aliphatic rings. The first-order chi connectivity index (χ1) is 12.1. The van der Waals surface area contributed by atoms with E-state index in [2.05, 4.69) is 18.9 Å². The third-order valence-corrected chi connectivity index (χ3v) is 4.58. The molecule has 0 spiro atoms. The van der Waals surface area contributed by atoms with Crippen LogP contribution in [-0.2, 0) is 0 Å². The highest BCUT2D eigenvalue weighted by Gasteiger charge is 2.19. The number of halogens is 1. The van der Waals surface area contributed by atoms with Crippen LogP contribution >= 0.6 is 0 Å². The zero-order valence-corrected chi connectivity index (χ0v) is 14.7. The second-order valence-electron chi connectivity index (χ2n) is 6.60. The lowest BCUT2D eigenvalue weighted by molar-refractivity contribution is 0.111. The smallest absolute Gasteiger partial charge is 0.156 e. The molecule has 25 heavy (non-hydrogen) atoms. The topological polar surface area (TPSA) is 44.1 Å². The summed E-state index contributed by atoms with van der Waals surface area (Å²) in [6.07, 6.45) is 6.52. The normalized spacial score (nSPS) is 14.9. The number of nitrogens with zero attached hydrogens (tertiary/aromatic N) is 2. The van der Waals surface area contributed by atoms with E-state index in [0.29, 0.717) is 18.6 Å². The SMILES string of the molecule is CC(C)n1nccc1C1=C(COc2cccc(F)c2C=O)CCCC1. The molecular formula is C20H23FN2O2. The van der Waals surface area contributed by atoms with Gasteiger partial charge in [0.2, 0.25) is 0 Å². The molecule has 132 valence electrons. The van der Waals surface area contributed by atoms with Crippen molar-refractivity contribution in [3.8, 4) is 5.75 Å². The Morgan fingerprint density at radius 1 is 1.28 bits per heavy atom. The first-order valence-electron chi connectivity index (χ1n) is 8.73. The number of hydrogen-bond acceptors (Lipinski definition) is 3. The second-order valence-corrected chi connectivity index (χ2v) is 6.60. The van der Waals surface area contributed by atoms with Crippen molar-refractivity contribution in [3.05, 3.63) is 53.1 Å².